The molecule has 2 saturated carbocycles. The Morgan fingerprint density at radius 3 is 1.45 bits per heavy atom. The summed E-state index contributed by atoms with van der Waals surface area (Å²) in [6, 6.07) is 0. The highest BCUT2D eigenvalue weighted by atomic mass is 31.2. The molecule has 0 aromatic rings. The summed E-state index contributed by atoms with van der Waals surface area (Å²) in [5.74, 6) is 0. The second-order valence-electron chi connectivity index (χ2n) is 7.16. The summed E-state index contributed by atoms with van der Waals surface area (Å²) in [7, 11) is -1.19. The van der Waals surface area contributed by atoms with Crippen LogP contribution in [0.2, 0.25) is 0 Å². The fourth-order valence-electron chi connectivity index (χ4n) is 2.88. The van der Waals surface area contributed by atoms with Crippen LogP contribution in [0.25, 0.3) is 0 Å². The number of hydrogen-bond donors (Lipinski definition) is 0. The summed E-state index contributed by atoms with van der Waals surface area (Å²) in [5.41, 5.74) is -0.199. The Labute approximate surface area is 125 Å². The van der Waals surface area contributed by atoms with Gasteiger partial charge in [0.15, 0.2) is 0 Å². The molecule has 3 nitrogen and oxygen atoms in total. The van der Waals surface area contributed by atoms with Crippen LogP contribution in [0.1, 0.15) is 85.0 Å². The highest BCUT2D eigenvalue weighted by molar-refractivity contribution is 7.41. The van der Waals surface area contributed by atoms with Crippen molar-refractivity contribution in [1.29, 1.82) is 0 Å². The minimum absolute atomic E-state index is 0.199. The van der Waals surface area contributed by atoms with E-state index in [1.165, 1.54) is 64.2 Å². The first kappa shape index (κ1) is 16.7. The molecule has 0 heterocycles. The van der Waals surface area contributed by atoms with Gasteiger partial charge in [-0.2, -0.15) is 0 Å². The molecule has 0 amide bonds. The predicted molar refractivity (Wildman–Crippen MR) is 83.7 cm³/mol. The van der Waals surface area contributed by atoms with Gasteiger partial charge in [-0.1, -0.05) is 38.5 Å². The number of hydrogen-bond acceptors (Lipinski definition) is 3. The van der Waals surface area contributed by atoms with Crippen molar-refractivity contribution in [2.24, 2.45) is 0 Å². The van der Waals surface area contributed by atoms with Gasteiger partial charge in [0.2, 0.25) is 0 Å². The second kappa shape index (κ2) is 8.08. The van der Waals surface area contributed by atoms with Crippen molar-refractivity contribution in [2.45, 2.75) is 103 Å². The Balaban J connectivity index is 1.85. The zero-order chi connectivity index (χ0) is 14.4. The Morgan fingerprint density at radius 2 is 1.10 bits per heavy atom. The van der Waals surface area contributed by atoms with E-state index < -0.39 is 8.60 Å². The van der Waals surface area contributed by atoms with E-state index in [1.54, 1.807) is 0 Å². The second-order valence-corrected chi connectivity index (χ2v) is 8.21. The molecule has 118 valence electrons. The van der Waals surface area contributed by atoms with Crippen LogP contribution in [-0.4, -0.2) is 17.8 Å². The van der Waals surface area contributed by atoms with E-state index in [0.717, 1.165) is 0 Å². The summed E-state index contributed by atoms with van der Waals surface area (Å²) < 4.78 is 18.4. The maximum absolute atomic E-state index is 6.19. The summed E-state index contributed by atoms with van der Waals surface area (Å²) in [4.78, 5) is 0. The average Bonchev–Trinajstić information content (AvgIpc) is 2.39. The summed E-state index contributed by atoms with van der Waals surface area (Å²) >= 11 is 0. The molecule has 0 spiro atoms. The van der Waals surface area contributed by atoms with Gasteiger partial charge in [-0.15, -0.1) is 0 Å². The summed E-state index contributed by atoms with van der Waals surface area (Å²) in [6.07, 6.45) is 13.2. The largest absolute Gasteiger partial charge is 0.333 e. The molecule has 0 unspecified atom stereocenters. The summed E-state index contributed by atoms with van der Waals surface area (Å²) in [5, 5.41) is 0. The van der Waals surface area contributed by atoms with Crippen LogP contribution in [0.4, 0.5) is 0 Å². The van der Waals surface area contributed by atoms with Crippen molar-refractivity contribution in [3.8, 4) is 0 Å². The lowest BCUT2D eigenvalue weighted by Gasteiger charge is -2.33. The monoisotopic (exact) mass is 302 g/mol. The van der Waals surface area contributed by atoms with E-state index in [-0.39, 0.29) is 5.60 Å². The van der Waals surface area contributed by atoms with Crippen molar-refractivity contribution in [3.05, 3.63) is 0 Å². The van der Waals surface area contributed by atoms with Crippen molar-refractivity contribution >= 4 is 8.60 Å². The first-order chi connectivity index (χ1) is 9.53. The van der Waals surface area contributed by atoms with Crippen LogP contribution in [0.5, 0.6) is 0 Å². The Bertz CT molecular complexity index is 245. The maximum atomic E-state index is 6.19. The van der Waals surface area contributed by atoms with Gasteiger partial charge in [-0.05, 0) is 46.5 Å². The van der Waals surface area contributed by atoms with Crippen LogP contribution >= 0.6 is 8.60 Å². The van der Waals surface area contributed by atoms with Gasteiger partial charge in [-0.3, -0.25) is 0 Å². The van der Waals surface area contributed by atoms with Crippen LogP contribution in [0.15, 0.2) is 0 Å². The minimum atomic E-state index is -1.19. The van der Waals surface area contributed by atoms with Crippen LogP contribution in [0.3, 0.4) is 0 Å². The predicted octanol–water partition coefficient (Wildman–Crippen LogP) is 5.73. The Kier molecular flexibility index (Phi) is 6.74. The summed E-state index contributed by atoms with van der Waals surface area (Å²) in [6.45, 7) is 6.24. The third-order valence-corrected chi connectivity index (χ3v) is 5.56. The fraction of sp³-hybridized carbons (Fsp3) is 1.00. The van der Waals surface area contributed by atoms with E-state index in [1.807, 2.05) is 0 Å². The molecule has 0 aromatic carbocycles. The maximum Gasteiger partial charge on any atom is 0.333 e. The fourth-order valence-corrected chi connectivity index (χ4v) is 4.37. The van der Waals surface area contributed by atoms with Crippen LogP contribution < -0.4 is 0 Å². The van der Waals surface area contributed by atoms with E-state index >= 15 is 0 Å². The van der Waals surface area contributed by atoms with E-state index in [9.17, 15) is 0 Å². The lowest BCUT2D eigenvalue weighted by Crippen LogP contribution is -2.23. The van der Waals surface area contributed by atoms with E-state index in [0.29, 0.717) is 12.2 Å². The van der Waals surface area contributed by atoms with E-state index in [2.05, 4.69) is 20.8 Å². The molecule has 2 rings (SSSR count). The highest BCUT2D eigenvalue weighted by Crippen LogP contribution is 2.49. The molecule has 0 N–H and O–H groups in total. The van der Waals surface area contributed by atoms with Gasteiger partial charge < -0.3 is 13.6 Å². The molecule has 0 saturated heterocycles. The molecule has 2 aliphatic carbocycles. The third kappa shape index (κ3) is 6.39. The van der Waals surface area contributed by atoms with Gasteiger partial charge in [0.05, 0.1) is 17.8 Å². The SMILES string of the molecule is CC(C)(C)OP(OC1CCCCC1)OC1CCCCC1. The zero-order valence-corrected chi connectivity index (χ0v) is 14.3. The molecule has 0 aliphatic heterocycles. The molecular weight excluding hydrogens is 271 g/mol. The van der Waals surface area contributed by atoms with Crippen molar-refractivity contribution in [3.63, 3.8) is 0 Å². The van der Waals surface area contributed by atoms with Gasteiger partial charge >= 0.3 is 8.60 Å². The van der Waals surface area contributed by atoms with Crippen molar-refractivity contribution in [2.75, 3.05) is 0 Å². The van der Waals surface area contributed by atoms with Crippen LogP contribution in [-0.2, 0) is 13.6 Å². The minimum Gasteiger partial charge on any atom is -0.309 e. The topological polar surface area (TPSA) is 27.7 Å². The first-order valence-corrected chi connectivity index (χ1v) is 9.45. The molecule has 20 heavy (non-hydrogen) atoms. The third-order valence-electron chi connectivity index (χ3n) is 3.92. The molecule has 4 heteroatoms. The van der Waals surface area contributed by atoms with E-state index in [4.69, 9.17) is 13.6 Å². The average molecular weight is 302 g/mol. The van der Waals surface area contributed by atoms with Crippen LogP contribution in [0, 0.1) is 0 Å². The lowest BCUT2D eigenvalue weighted by molar-refractivity contribution is 0.0235. The highest BCUT2D eigenvalue weighted by Gasteiger charge is 2.29. The Hall–Kier alpha value is 0.310. The zero-order valence-electron chi connectivity index (χ0n) is 13.4. The molecule has 0 atom stereocenters. The smallest absolute Gasteiger partial charge is 0.309 e. The van der Waals surface area contributed by atoms with Gasteiger partial charge in [0.25, 0.3) is 0 Å². The normalized spacial score (nSPS) is 23.4. The molecule has 2 fully saturated rings. The standard InChI is InChI=1S/C16H31O3P/c1-16(2,3)19-20(17-14-10-6-4-7-11-14)18-15-12-8-5-9-13-15/h14-15H,4-13H2,1-3H3. The van der Waals surface area contributed by atoms with Crippen molar-refractivity contribution in [1.82, 2.24) is 0 Å². The van der Waals surface area contributed by atoms with Gasteiger partial charge in [0, 0.05) is 0 Å². The molecule has 0 aromatic heterocycles. The lowest BCUT2D eigenvalue weighted by atomic mass is 9.98. The molecule has 0 radical (unpaired) electrons. The van der Waals surface area contributed by atoms with Gasteiger partial charge in [0.1, 0.15) is 0 Å². The number of rotatable bonds is 5. The molecule has 0 bridgehead atoms. The van der Waals surface area contributed by atoms with Crippen molar-refractivity contribution < 1.29 is 13.6 Å². The first-order valence-electron chi connectivity index (χ1n) is 8.36. The Morgan fingerprint density at radius 1 is 0.700 bits per heavy atom. The quantitative estimate of drug-likeness (QED) is 0.607. The van der Waals surface area contributed by atoms with Gasteiger partial charge in [-0.25, -0.2) is 0 Å². The molecular formula is C16H31O3P. The molecule has 2 aliphatic rings.